The van der Waals surface area contributed by atoms with Crippen LogP contribution in [0.25, 0.3) is 0 Å². The number of nitrogens with zero attached hydrogens (tertiary/aromatic N) is 2. The van der Waals surface area contributed by atoms with E-state index < -0.39 is 5.91 Å². The number of nitrogens with two attached hydrogens (primary N) is 1. The topological polar surface area (TPSA) is 85.0 Å². The second kappa shape index (κ2) is 8.14. The SMILES string of the molecule is COc1ccccc1C1CCC2=C(CCN(c3ccccc3C)C2=O)C(C(N)=O)=N1. The smallest absolute Gasteiger partial charge is 0.267 e. The normalized spacial score (nSPS) is 19.1. The van der Waals surface area contributed by atoms with Crippen LogP contribution in [0.15, 0.2) is 64.7 Å². The van der Waals surface area contributed by atoms with Gasteiger partial charge in [0.25, 0.3) is 11.8 Å². The van der Waals surface area contributed by atoms with Gasteiger partial charge in [-0.2, -0.15) is 0 Å². The van der Waals surface area contributed by atoms with E-state index >= 15 is 0 Å². The van der Waals surface area contributed by atoms with Gasteiger partial charge in [0.1, 0.15) is 11.5 Å². The van der Waals surface area contributed by atoms with Crippen LogP contribution in [0.2, 0.25) is 0 Å². The van der Waals surface area contributed by atoms with Gasteiger partial charge in [0.05, 0.1) is 13.2 Å². The highest BCUT2D eigenvalue weighted by Gasteiger charge is 2.35. The first kappa shape index (κ1) is 19.9. The molecule has 2 amide bonds. The summed E-state index contributed by atoms with van der Waals surface area (Å²) in [6.45, 7) is 2.49. The molecular weight excluding hydrogens is 378 g/mol. The van der Waals surface area contributed by atoms with Crippen molar-refractivity contribution in [1.82, 2.24) is 0 Å². The third-order valence-corrected chi connectivity index (χ3v) is 5.83. The maximum atomic E-state index is 13.4. The fourth-order valence-corrected chi connectivity index (χ4v) is 4.34. The zero-order valence-corrected chi connectivity index (χ0v) is 17.2. The van der Waals surface area contributed by atoms with Gasteiger partial charge in [-0.1, -0.05) is 36.4 Å². The summed E-state index contributed by atoms with van der Waals surface area (Å²) in [5.41, 5.74) is 10.1. The molecule has 0 fully saturated rings. The summed E-state index contributed by atoms with van der Waals surface area (Å²) in [5.74, 6) is 0.0458. The summed E-state index contributed by atoms with van der Waals surface area (Å²) < 4.78 is 5.49. The Hall–Kier alpha value is -3.41. The van der Waals surface area contributed by atoms with Gasteiger partial charge >= 0.3 is 0 Å². The molecule has 2 N–H and O–H groups in total. The molecule has 30 heavy (non-hydrogen) atoms. The van der Waals surface area contributed by atoms with Crippen molar-refractivity contribution in [1.29, 1.82) is 0 Å². The van der Waals surface area contributed by atoms with Crippen molar-refractivity contribution in [2.45, 2.75) is 32.2 Å². The predicted octanol–water partition coefficient (Wildman–Crippen LogP) is 3.50. The lowest BCUT2D eigenvalue weighted by Crippen LogP contribution is -2.40. The van der Waals surface area contributed by atoms with E-state index in [4.69, 9.17) is 15.5 Å². The number of carbonyl (C=O) groups is 2. The summed E-state index contributed by atoms with van der Waals surface area (Å²) in [5, 5.41) is 0. The van der Waals surface area contributed by atoms with Crippen molar-refractivity contribution >= 4 is 23.2 Å². The second-order valence-electron chi connectivity index (χ2n) is 7.59. The number of primary amides is 1. The largest absolute Gasteiger partial charge is 0.496 e. The minimum absolute atomic E-state index is 0.0693. The van der Waals surface area contributed by atoms with E-state index in [9.17, 15) is 9.59 Å². The lowest BCUT2D eigenvalue weighted by molar-refractivity contribution is -0.115. The van der Waals surface area contributed by atoms with E-state index in [0.29, 0.717) is 42.7 Å². The van der Waals surface area contributed by atoms with Crippen molar-refractivity contribution in [3.63, 3.8) is 0 Å². The van der Waals surface area contributed by atoms with Crippen LogP contribution >= 0.6 is 0 Å². The minimum Gasteiger partial charge on any atom is -0.496 e. The molecule has 0 saturated heterocycles. The van der Waals surface area contributed by atoms with E-state index in [-0.39, 0.29) is 17.7 Å². The molecule has 1 unspecified atom stereocenters. The molecule has 6 heteroatoms. The summed E-state index contributed by atoms with van der Waals surface area (Å²) in [6, 6.07) is 15.2. The molecule has 0 saturated carbocycles. The molecule has 2 aliphatic heterocycles. The highest BCUT2D eigenvalue weighted by Crippen LogP contribution is 2.38. The van der Waals surface area contributed by atoms with Gasteiger partial charge in [-0.05, 0) is 49.5 Å². The Morgan fingerprint density at radius 3 is 2.57 bits per heavy atom. The lowest BCUT2D eigenvalue weighted by atomic mass is 9.91. The first-order chi connectivity index (χ1) is 14.5. The van der Waals surface area contributed by atoms with E-state index in [2.05, 4.69) is 0 Å². The molecule has 2 aromatic carbocycles. The van der Waals surface area contributed by atoms with Gasteiger partial charge < -0.3 is 15.4 Å². The number of carbonyl (C=O) groups excluding carboxylic acids is 2. The third-order valence-electron chi connectivity index (χ3n) is 5.83. The summed E-state index contributed by atoms with van der Waals surface area (Å²) in [7, 11) is 1.61. The molecule has 2 aromatic rings. The average molecular weight is 403 g/mol. The van der Waals surface area contributed by atoms with Crippen LogP contribution in [0.1, 0.15) is 36.4 Å². The number of anilines is 1. The van der Waals surface area contributed by atoms with Crippen LogP contribution in [0.3, 0.4) is 0 Å². The molecule has 0 bridgehead atoms. The monoisotopic (exact) mass is 403 g/mol. The van der Waals surface area contributed by atoms with Crippen LogP contribution in [0, 0.1) is 6.92 Å². The Labute approximate surface area is 176 Å². The molecule has 4 rings (SSSR count). The number of amides is 2. The summed E-state index contributed by atoms with van der Waals surface area (Å²) in [4.78, 5) is 32.3. The highest BCUT2D eigenvalue weighted by atomic mass is 16.5. The van der Waals surface area contributed by atoms with Crippen molar-refractivity contribution in [3.8, 4) is 5.75 Å². The molecule has 0 radical (unpaired) electrons. The molecule has 2 heterocycles. The van der Waals surface area contributed by atoms with Crippen molar-refractivity contribution in [3.05, 3.63) is 70.8 Å². The number of hydrogen-bond acceptors (Lipinski definition) is 4. The van der Waals surface area contributed by atoms with Gasteiger partial charge in [0.2, 0.25) is 0 Å². The maximum absolute atomic E-state index is 13.4. The van der Waals surface area contributed by atoms with Crippen molar-refractivity contribution in [2.75, 3.05) is 18.6 Å². The number of hydrogen-bond donors (Lipinski definition) is 1. The first-order valence-electron chi connectivity index (χ1n) is 10.1. The number of aryl methyl sites for hydroxylation is 1. The number of para-hydroxylation sites is 2. The number of methoxy groups -OCH3 is 1. The van der Waals surface area contributed by atoms with Crippen LogP contribution < -0.4 is 15.4 Å². The van der Waals surface area contributed by atoms with Crippen molar-refractivity contribution in [2.24, 2.45) is 10.7 Å². The molecule has 2 aliphatic rings. The number of rotatable bonds is 4. The average Bonchev–Trinajstić information content (AvgIpc) is 2.95. The Kier molecular flexibility index (Phi) is 5.40. The molecule has 154 valence electrons. The Morgan fingerprint density at radius 2 is 1.83 bits per heavy atom. The quantitative estimate of drug-likeness (QED) is 0.848. The van der Waals surface area contributed by atoms with Gasteiger partial charge in [-0.3, -0.25) is 14.6 Å². The van der Waals surface area contributed by atoms with E-state index in [1.54, 1.807) is 12.0 Å². The molecule has 1 atom stereocenters. The molecule has 0 aromatic heterocycles. The first-order valence-corrected chi connectivity index (χ1v) is 10.1. The number of benzene rings is 2. The number of aliphatic imine (C=N–C) groups is 1. The Balaban J connectivity index is 1.73. The van der Waals surface area contributed by atoms with Gasteiger partial charge in [-0.15, -0.1) is 0 Å². The fraction of sp³-hybridized carbons (Fsp3) is 0.292. The Morgan fingerprint density at radius 1 is 1.10 bits per heavy atom. The molecule has 0 spiro atoms. The van der Waals surface area contributed by atoms with E-state index in [0.717, 1.165) is 16.8 Å². The number of ether oxygens (including phenoxy) is 1. The van der Waals surface area contributed by atoms with Crippen LogP contribution in [-0.4, -0.2) is 31.2 Å². The summed E-state index contributed by atoms with van der Waals surface area (Å²) in [6.07, 6.45) is 1.68. The molecule has 0 aliphatic carbocycles. The second-order valence-corrected chi connectivity index (χ2v) is 7.59. The van der Waals surface area contributed by atoms with Crippen LogP contribution in [0.4, 0.5) is 5.69 Å². The third kappa shape index (κ3) is 3.49. The standard InChI is InChI=1S/C24H25N3O3/c1-15-7-3-5-9-20(15)27-14-13-16-17(24(27)29)11-12-19(26-22(16)23(25)28)18-8-4-6-10-21(18)30-2/h3-10,19H,11-14H2,1-2H3,(H2,25,28). The van der Waals surface area contributed by atoms with E-state index in [1.807, 2.05) is 55.5 Å². The molecule has 6 nitrogen and oxygen atoms in total. The molecular formula is C24H25N3O3. The summed E-state index contributed by atoms with van der Waals surface area (Å²) >= 11 is 0. The zero-order chi connectivity index (χ0) is 21.3. The fourth-order valence-electron chi connectivity index (χ4n) is 4.34. The van der Waals surface area contributed by atoms with Gasteiger partial charge in [0, 0.05) is 23.4 Å². The zero-order valence-electron chi connectivity index (χ0n) is 17.2. The van der Waals surface area contributed by atoms with Gasteiger partial charge in [-0.25, -0.2) is 0 Å². The van der Waals surface area contributed by atoms with E-state index in [1.165, 1.54) is 0 Å². The lowest BCUT2D eigenvalue weighted by Gasteiger charge is -2.31. The highest BCUT2D eigenvalue weighted by molar-refractivity contribution is 6.46. The van der Waals surface area contributed by atoms with Crippen LogP contribution in [-0.2, 0) is 9.59 Å². The van der Waals surface area contributed by atoms with Crippen LogP contribution in [0.5, 0.6) is 5.75 Å². The predicted molar refractivity (Wildman–Crippen MR) is 117 cm³/mol. The van der Waals surface area contributed by atoms with Gasteiger partial charge in [0.15, 0.2) is 0 Å². The maximum Gasteiger partial charge on any atom is 0.267 e. The van der Waals surface area contributed by atoms with Crippen molar-refractivity contribution < 1.29 is 14.3 Å². The minimum atomic E-state index is -0.596. The Bertz CT molecular complexity index is 1070.